The van der Waals surface area contributed by atoms with Crippen molar-refractivity contribution >= 4 is 27.5 Å². The molecule has 0 spiro atoms. The molecule has 0 aliphatic heterocycles. The molecule has 1 atom stereocenters. The molecule has 5 heteroatoms. The topological polar surface area (TPSA) is 56.0 Å². The molecule has 3 nitrogen and oxygen atoms in total. The first kappa shape index (κ1) is 12.3. The molecule has 0 aliphatic rings. The Balaban J connectivity index is 3.18. The number of nitrogens with zero attached hydrogens (tertiary/aromatic N) is 1. The van der Waals surface area contributed by atoms with Crippen LogP contribution in [-0.4, -0.2) is 11.7 Å². The van der Waals surface area contributed by atoms with Crippen molar-refractivity contribution in [3.05, 3.63) is 27.2 Å². The van der Waals surface area contributed by atoms with Gasteiger partial charge < -0.3 is 5.11 Å². The van der Waals surface area contributed by atoms with Gasteiger partial charge in [-0.2, -0.15) is 5.26 Å². The van der Waals surface area contributed by atoms with Crippen LogP contribution < -0.4 is 5.32 Å². The second kappa shape index (κ2) is 5.36. The molecule has 1 unspecified atom stereocenters. The van der Waals surface area contributed by atoms with Crippen molar-refractivity contribution in [1.82, 2.24) is 5.32 Å². The molecule has 0 saturated carbocycles. The predicted molar refractivity (Wildman–Crippen MR) is 62.8 cm³/mol. The summed E-state index contributed by atoms with van der Waals surface area (Å²) in [6.07, 6.45) is 0. The number of hydrogen-bond acceptors (Lipinski definition) is 3. The average Bonchev–Trinajstić information content (AvgIpc) is 2.20. The van der Waals surface area contributed by atoms with Crippen molar-refractivity contribution in [2.75, 3.05) is 6.54 Å². The van der Waals surface area contributed by atoms with Crippen molar-refractivity contribution in [2.45, 2.75) is 13.0 Å². The number of nitriles is 1. The molecule has 0 fully saturated rings. The minimum Gasteiger partial charge on any atom is -0.506 e. The number of hydrogen-bond donors (Lipinski definition) is 2. The van der Waals surface area contributed by atoms with E-state index in [9.17, 15) is 5.11 Å². The number of phenolic OH excluding ortho intramolecular Hbond substituents is 1. The number of phenols is 1. The molecule has 1 rings (SSSR count). The molecule has 0 aliphatic carbocycles. The number of rotatable bonds is 3. The van der Waals surface area contributed by atoms with Crippen LogP contribution in [0.1, 0.15) is 18.5 Å². The maximum atomic E-state index is 9.75. The maximum Gasteiger partial charge on any atom is 0.135 e. The fourth-order valence-electron chi connectivity index (χ4n) is 1.24. The van der Waals surface area contributed by atoms with E-state index < -0.39 is 6.04 Å². The predicted octanol–water partition coefficient (Wildman–Crippen LogP) is 2.98. The number of nitrogens with one attached hydrogen (secondary N) is 1. The summed E-state index contributed by atoms with van der Waals surface area (Å²) in [6.45, 7) is 2.53. The summed E-state index contributed by atoms with van der Waals surface area (Å²) in [4.78, 5) is 0. The lowest BCUT2D eigenvalue weighted by atomic mass is 10.1. The first-order valence-corrected chi connectivity index (χ1v) is 5.58. The maximum absolute atomic E-state index is 9.75. The van der Waals surface area contributed by atoms with E-state index in [2.05, 4.69) is 27.3 Å². The van der Waals surface area contributed by atoms with Gasteiger partial charge in [0.1, 0.15) is 11.8 Å². The van der Waals surface area contributed by atoms with Gasteiger partial charge in [0.05, 0.1) is 10.5 Å². The van der Waals surface area contributed by atoms with E-state index in [1.54, 1.807) is 12.1 Å². The standard InChI is InChI=1S/C10H10BrClN2O/c1-2-14-9(5-13)7-3-6(12)4-8(11)10(7)15/h3-4,9,14-15H,2H2,1H3. The number of halogens is 2. The highest BCUT2D eigenvalue weighted by Gasteiger charge is 2.16. The molecule has 0 aromatic heterocycles. The molecule has 15 heavy (non-hydrogen) atoms. The zero-order chi connectivity index (χ0) is 11.4. The summed E-state index contributed by atoms with van der Waals surface area (Å²) in [5.74, 6) is 0.0481. The lowest BCUT2D eigenvalue weighted by Crippen LogP contribution is -2.19. The summed E-state index contributed by atoms with van der Waals surface area (Å²) in [6, 6.07) is 4.68. The Bertz CT molecular complexity index is 403. The van der Waals surface area contributed by atoms with Gasteiger partial charge in [0.2, 0.25) is 0 Å². The normalized spacial score (nSPS) is 12.1. The molecule has 0 radical (unpaired) electrons. The highest BCUT2D eigenvalue weighted by atomic mass is 79.9. The summed E-state index contributed by atoms with van der Waals surface area (Å²) in [5, 5.41) is 22.1. The Hall–Kier alpha value is -0.760. The Morgan fingerprint density at radius 2 is 2.33 bits per heavy atom. The van der Waals surface area contributed by atoms with Gasteiger partial charge in [0, 0.05) is 10.6 Å². The zero-order valence-corrected chi connectivity index (χ0v) is 10.4. The van der Waals surface area contributed by atoms with Gasteiger partial charge in [-0.05, 0) is 34.6 Å². The fourth-order valence-corrected chi connectivity index (χ4v) is 2.07. The number of aromatic hydroxyl groups is 1. The Kier molecular flexibility index (Phi) is 4.40. The van der Waals surface area contributed by atoms with Gasteiger partial charge in [-0.3, -0.25) is 5.32 Å². The van der Waals surface area contributed by atoms with Gasteiger partial charge >= 0.3 is 0 Å². The largest absolute Gasteiger partial charge is 0.506 e. The van der Waals surface area contributed by atoms with Gasteiger partial charge in [0.15, 0.2) is 0 Å². The van der Waals surface area contributed by atoms with Gasteiger partial charge in [-0.1, -0.05) is 18.5 Å². The van der Waals surface area contributed by atoms with Crippen LogP contribution in [0.15, 0.2) is 16.6 Å². The SMILES string of the molecule is CCNC(C#N)c1cc(Cl)cc(Br)c1O. The molecule has 1 aromatic carbocycles. The first-order chi connectivity index (χ1) is 7.10. The zero-order valence-electron chi connectivity index (χ0n) is 8.09. The minimum atomic E-state index is -0.551. The average molecular weight is 290 g/mol. The summed E-state index contributed by atoms with van der Waals surface area (Å²) < 4.78 is 0.489. The molecule has 0 amide bonds. The summed E-state index contributed by atoms with van der Waals surface area (Å²) in [5.41, 5.74) is 0.485. The van der Waals surface area contributed by atoms with Crippen LogP contribution in [0.3, 0.4) is 0 Å². The lowest BCUT2D eigenvalue weighted by molar-refractivity contribution is 0.457. The third kappa shape index (κ3) is 2.85. The van der Waals surface area contributed by atoms with E-state index in [0.717, 1.165) is 0 Å². The summed E-state index contributed by atoms with van der Waals surface area (Å²) >= 11 is 9.02. The third-order valence-corrected chi connectivity index (χ3v) is 2.73. The van der Waals surface area contributed by atoms with Crippen molar-refractivity contribution in [3.63, 3.8) is 0 Å². The lowest BCUT2D eigenvalue weighted by Gasteiger charge is -2.13. The number of benzene rings is 1. The Morgan fingerprint density at radius 1 is 1.67 bits per heavy atom. The quantitative estimate of drug-likeness (QED) is 0.899. The van der Waals surface area contributed by atoms with E-state index >= 15 is 0 Å². The van der Waals surface area contributed by atoms with Crippen molar-refractivity contribution < 1.29 is 5.11 Å². The molecular formula is C10H10BrClN2O. The van der Waals surface area contributed by atoms with Crippen LogP contribution in [0.5, 0.6) is 5.75 Å². The summed E-state index contributed by atoms with van der Waals surface area (Å²) in [7, 11) is 0. The van der Waals surface area contributed by atoms with Crippen LogP contribution in [-0.2, 0) is 0 Å². The van der Waals surface area contributed by atoms with Crippen LogP contribution in [0.4, 0.5) is 0 Å². The van der Waals surface area contributed by atoms with E-state index in [0.29, 0.717) is 21.6 Å². The van der Waals surface area contributed by atoms with Crippen molar-refractivity contribution in [3.8, 4) is 11.8 Å². The molecule has 80 valence electrons. The van der Waals surface area contributed by atoms with E-state index in [-0.39, 0.29) is 5.75 Å². The first-order valence-electron chi connectivity index (χ1n) is 4.41. The van der Waals surface area contributed by atoms with E-state index in [1.165, 1.54) is 0 Å². The fraction of sp³-hybridized carbons (Fsp3) is 0.300. The van der Waals surface area contributed by atoms with Crippen LogP contribution in [0, 0.1) is 11.3 Å². The Labute approximate surface area is 102 Å². The second-order valence-electron chi connectivity index (χ2n) is 2.95. The smallest absolute Gasteiger partial charge is 0.135 e. The molecule has 1 aromatic rings. The van der Waals surface area contributed by atoms with Crippen LogP contribution in [0.25, 0.3) is 0 Å². The van der Waals surface area contributed by atoms with E-state index in [1.807, 2.05) is 6.92 Å². The highest BCUT2D eigenvalue weighted by molar-refractivity contribution is 9.10. The molecule has 2 N–H and O–H groups in total. The molecule has 0 saturated heterocycles. The van der Waals surface area contributed by atoms with E-state index in [4.69, 9.17) is 16.9 Å². The van der Waals surface area contributed by atoms with Crippen LogP contribution in [0.2, 0.25) is 5.02 Å². The van der Waals surface area contributed by atoms with Crippen molar-refractivity contribution in [1.29, 1.82) is 5.26 Å². The van der Waals surface area contributed by atoms with Crippen LogP contribution >= 0.6 is 27.5 Å². The molecular weight excluding hydrogens is 279 g/mol. The molecule has 0 bridgehead atoms. The van der Waals surface area contributed by atoms with Gasteiger partial charge in [0.25, 0.3) is 0 Å². The third-order valence-electron chi connectivity index (χ3n) is 1.91. The minimum absolute atomic E-state index is 0.0481. The monoisotopic (exact) mass is 288 g/mol. The Morgan fingerprint density at radius 3 is 2.87 bits per heavy atom. The van der Waals surface area contributed by atoms with Gasteiger partial charge in [-0.15, -0.1) is 0 Å². The second-order valence-corrected chi connectivity index (χ2v) is 4.24. The van der Waals surface area contributed by atoms with Crippen molar-refractivity contribution in [2.24, 2.45) is 0 Å². The van der Waals surface area contributed by atoms with Gasteiger partial charge in [-0.25, -0.2) is 0 Å². The highest BCUT2D eigenvalue weighted by Crippen LogP contribution is 2.34. The molecule has 0 heterocycles.